The summed E-state index contributed by atoms with van der Waals surface area (Å²) >= 11 is 2.94. The third-order valence-corrected chi connectivity index (χ3v) is 4.65. The van der Waals surface area contributed by atoms with E-state index in [-0.39, 0.29) is 15.1 Å². The summed E-state index contributed by atoms with van der Waals surface area (Å²) in [6.07, 6.45) is 0. The van der Waals surface area contributed by atoms with Crippen LogP contribution in [-0.2, 0) is 10.0 Å². The molecule has 0 radical (unpaired) electrons. The van der Waals surface area contributed by atoms with Gasteiger partial charge in [-0.15, -0.1) is 0 Å². The molecular weight excluding hydrogens is 352 g/mol. The van der Waals surface area contributed by atoms with Crippen molar-refractivity contribution in [2.45, 2.75) is 11.8 Å². The first-order chi connectivity index (χ1) is 9.29. The van der Waals surface area contributed by atoms with E-state index >= 15 is 0 Å². The largest absolute Gasteiger partial charge is 0.280 e. The van der Waals surface area contributed by atoms with E-state index in [0.29, 0.717) is 5.56 Å². The topological polar surface area (TPSA) is 46.2 Å². The van der Waals surface area contributed by atoms with Gasteiger partial charge in [-0.2, -0.15) is 0 Å². The Morgan fingerprint density at radius 3 is 2.35 bits per heavy atom. The van der Waals surface area contributed by atoms with Gasteiger partial charge in [0.25, 0.3) is 10.0 Å². The van der Waals surface area contributed by atoms with Gasteiger partial charge in [-0.05, 0) is 58.7 Å². The number of nitrogens with one attached hydrogen (secondary N) is 1. The van der Waals surface area contributed by atoms with Crippen molar-refractivity contribution < 1.29 is 17.2 Å². The van der Waals surface area contributed by atoms with Gasteiger partial charge in [0, 0.05) is 0 Å². The standard InChI is InChI=1S/C13H10BrF2NO2S/c1-8-2-3-9(6-12(8)15)17-20(18,19)10-4-5-11(14)13(16)7-10/h2-7,17H,1H3. The zero-order chi connectivity index (χ0) is 14.9. The van der Waals surface area contributed by atoms with Crippen LogP contribution in [0.25, 0.3) is 0 Å². The van der Waals surface area contributed by atoms with Crippen molar-refractivity contribution in [3.05, 3.63) is 58.1 Å². The number of aryl methyl sites for hydroxylation is 1. The van der Waals surface area contributed by atoms with Crippen LogP contribution >= 0.6 is 15.9 Å². The molecule has 2 aromatic rings. The summed E-state index contributed by atoms with van der Waals surface area (Å²) in [5.41, 5.74) is 0.485. The first-order valence-corrected chi connectivity index (χ1v) is 7.81. The van der Waals surface area contributed by atoms with Crippen LogP contribution in [0.2, 0.25) is 0 Å². The molecule has 0 atom stereocenters. The van der Waals surface area contributed by atoms with E-state index < -0.39 is 21.7 Å². The summed E-state index contributed by atoms with van der Waals surface area (Å²) in [4.78, 5) is -0.237. The van der Waals surface area contributed by atoms with Crippen LogP contribution in [0, 0.1) is 18.6 Å². The number of hydrogen-bond donors (Lipinski definition) is 1. The van der Waals surface area contributed by atoms with Gasteiger partial charge in [0.2, 0.25) is 0 Å². The van der Waals surface area contributed by atoms with Crippen molar-refractivity contribution in [2.75, 3.05) is 4.72 Å². The summed E-state index contributed by atoms with van der Waals surface area (Å²) in [5, 5.41) is 0. The van der Waals surface area contributed by atoms with Gasteiger partial charge in [-0.25, -0.2) is 17.2 Å². The second-order valence-corrected chi connectivity index (χ2v) is 6.68. The van der Waals surface area contributed by atoms with Gasteiger partial charge in [-0.3, -0.25) is 4.72 Å². The van der Waals surface area contributed by atoms with Crippen LogP contribution in [0.4, 0.5) is 14.5 Å². The molecule has 0 aliphatic carbocycles. The third-order valence-electron chi connectivity index (χ3n) is 2.63. The Labute approximate surface area is 123 Å². The zero-order valence-electron chi connectivity index (χ0n) is 10.3. The quantitative estimate of drug-likeness (QED) is 0.902. The van der Waals surface area contributed by atoms with Crippen molar-refractivity contribution in [1.29, 1.82) is 0 Å². The summed E-state index contributed by atoms with van der Waals surface area (Å²) in [6.45, 7) is 1.57. The number of hydrogen-bond acceptors (Lipinski definition) is 2. The first kappa shape index (κ1) is 14.9. The molecule has 20 heavy (non-hydrogen) atoms. The second-order valence-electron chi connectivity index (χ2n) is 4.15. The lowest BCUT2D eigenvalue weighted by Crippen LogP contribution is -2.13. The molecule has 0 saturated heterocycles. The Bertz CT molecular complexity index is 763. The zero-order valence-corrected chi connectivity index (χ0v) is 12.7. The maximum atomic E-state index is 13.4. The maximum Gasteiger partial charge on any atom is 0.261 e. The van der Waals surface area contributed by atoms with Crippen LogP contribution in [-0.4, -0.2) is 8.42 Å². The highest BCUT2D eigenvalue weighted by Crippen LogP contribution is 2.22. The average Bonchev–Trinajstić information content (AvgIpc) is 2.37. The van der Waals surface area contributed by atoms with Crippen LogP contribution in [0.1, 0.15) is 5.56 Å². The minimum atomic E-state index is -3.96. The molecule has 1 N–H and O–H groups in total. The molecule has 2 aromatic carbocycles. The fourth-order valence-electron chi connectivity index (χ4n) is 1.51. The van der Waals surface area contributed by atoms with Crippen LogP contribution in [0.3, 0.4) is 0 Å². The first-order valence-electron chi connectivity index (χ1n) is 5.53. The average molecular weight is 362 g/mol. The summed E-state index contributed by atoms with van der Waals surface area (Å²) in [5.74, 6) is -1.21. The lowest BCUT2D eigenvalue weighted by atomic mass is 10.2. The predicted molar refractivity (Wildman–Crippen MR) is 76.0 cm³/mol. The molecule has 0 aliphatic rings. The molecule has 0 fully saturated rings. The third kappa shape index (κ3) is 3.16. The smallest absolute Gasteiger partial charge is 0.261 e. The molecule has 0 bridgehead atoms. The van der Waals surface area contributed by atoms with E-state index in [9.17, 15) is 17.2 Å². The minimum Gasteiger partial charge on any atom is -0.280 e. The van der Waals surface area contributed by atoms with Crippen LogP contribution in [0.5, 0.6) is 0 Å². The van der Waals surface area contributed by atoms with Crippen LogP contribution in [0.15, 0.2) is 45.8 Å². The number of benzene rings is 2. The fourth-order valence-corrected chi connectivity index (χ4v) is 2.82. The molecule has 0 heterocycles. The van der Waals surface area contributed by atoms with Crippen molar-refractivity contribution in [3.63, 3.8) is 0 Å². The van der Waals surface area contributed by atoms with E-state index in [1.54, 1.807) is 6.92 Å². The van der Waals surface area contributed by atoms with Crippen LogP contribution < -0.4 is 4.72 Å². The van der Waals surface area contributed by atoms with Gasteiger partial charge >= 0.3 is 0 Å². The predicted octanol–water partition coefficient (Wildman–Crippen LogP) is 3.84. The molecule has 0 aromatic heterocycles. The van der Waals surface area contributed by atoms with E-state index in [1.165, 1.54) is 24.3 Å². The molecule has 2 rings (SSSR count). The van der Waals surface area contributed by atoms with Crippen molar-refractivity contribution in [2.24, 2.45) is 0 Å². The number of sulfonamides is 1. The molecule has 0 spiro atoms. The molecule has 0 amide bonds. The Hall–Kier alpha value is -1.47. The number of halogens is 3. The fraction of sp³-hybridized carbons (Fsp3) is 0.0769. The van der Waals surface area contributed by atoms with Crippen molar-refractivity contribution in [3.8, 4) is 0 Å². The van der Waals surface area contributed by atoms with E-state index in [0.717, 1.165) is 12.1 Å². The monoisotopic (exact) mass is 361 g/mol. The SMILES string of the molecule is Cc1ccc(NS(=O)(=O)c2ccc(Br)c(F)c2)cc1F. The van der Waals surface area contributed by atoms with Crippen molar-refractivity contribution in [1.82, 2.24) is 0 Å². The molecule has 0 saturated carbocycles. The number of rotatable bonds is 3. The Balaban J connectivity index is 2.35. The summed E-state index contributed by atoms with van der Waals surface area (Å²) < 4.78 is 53.2. The summed E-state index contributed by atoms with van der Waals surface area (Å²) in [7, 11) is -3.96. The van der Waals surface area contributed by atoms with E-state index in [2.05, 4.69) is 20.7 Å². The molecule has 0 aliphatic heterocycles. The minimum absolute atomic E-state index is 0.0800. The normalized spacial score (nSPS) is 11.4. The molecular formula is C13H10BrF2NO2S. The van der Waals surface area contributed by atoms with Gasteiger partial charge in [0.15, 0.2) is 0 Å². The van der Waals surface area contributed by atoms with Gasteiger partial charge < -0.3 is 0 Å². The molecule has 3 nitrogen and oxygen atoms in total. The van der Waals surface area contributed by atoms with Crippen molar-refractivity contribution >= 4 is 31.6 Å². The maximum absolute atomic E-state index is 13.4. The Morgan fingerprint density at radius 2 is 1.75 bits per heavy atom. The van der Waals surface area contributed by atoms with Gasteiger partial charge in [0.05, 0.1) is 15.1 Å². The highest BCUT2D eigenvalue weighted by Gasteiger charge is 2.16. The van der Waals surface area contributed by atoms with E-state index in [4.69, 9.17) is 0 Å². The highest BCUT2D eigenvalue weighted by atomic mass is 79.9. The highest BCUT2D eigenvalue weighted by molar-refractivity contribution is 9.10. The number of anilines is 1. The lowest BCUT2D eigenvalue weighted by molar-refractivity contribution is 0.593. The second kappa shape index (κ2) is 5.49. The van der Waals surface area contributed by atoms with E-state index in [1.807, 2.05) is 0 Å². The molecule has 106 valence electrons. The molecule has 0 unspecified atom stereocenters. The summed E-state index contributed by atoms with van der Waals surface area (Å²) in [6, 6.07) is 7.39. The van der Waals surface area contributed by atoms with Gasteiger partial charge in [-0.1, -0.05) is 6.07 Å². The lowest BCUT2D eigenvalue weighted by Gasteiger charge is -2.09. The Morgan fingerprint density at radius 1 is 1.05 bits per heavy atom. The molecule has 7 heteroatoms. The Kier molecular flexibility index (Phi) is 4.10. The van der Waals surface area contributed by atoms with Gasteiger partial charge in [0.1, 0.15) is 11.6 Å².